The van der Waals surface area contributed by atoms with Gasteiger partial charge in [-0.25, -0.2) is 50.5 Å². The highest BCUT2D eigenvalue weighted by molar-refractivity contribution is 5.65. The van der Waals surface area contributed by atoms with Gasteiger partial charge in [-0.15, -0.1) is 0 Å². The van der Waals surface area contributed by atoms with Crippen LogP contribution in [-0.2, 0) is 36.5 Å². The molecule has 21 rings (SSSR count). The molecular formula is C126H121N15O5. The summed E-state index contributed by atoms with van der Waals surface area (Å²) in [4.78, 5) is 24.5. The van der Waals surface area contributed by atoms with E-state index in [1.807, 2.05) is 134 Å². The van der Waals surface area contributed by atoms with Crippen molar-refractivity contribution < 1.29 is 23.7 Å². The Morgan fingerprint density at radius 1 is 0.240 bits per heavy atom. The standard InChI is InChI=1S/C28H25N3O.C25H27N3O.C25H23N3O.C24H25N3O.C24H21N3O/c1-30-27(20-29)24-16-26(32-28(19-24)17-22-6-2-3-7-23(22)18-28)13-10-21-8-11-25(12-9-21)31-14-4-5-15-31;2*1-27-24(19-26)21-17-23(29-25(18-21)13-3-2-4-14-25)12-9-20-7-10-22(11-8-20)28-15-5-6-16-28;2*1-26-23(18-25)20-16-22(28-24(17-20)12-2-3-13-24)11-8-19-6-9-21(10-7-19)27-14-4-5-15-27/h2-3,6-13,16H,4-5,14-15,17-19H2;7-12,17H,2-6,13-16,18H2;5-12,15-17H,2-4,13-14,18H2;6-11,16H,2-5,12-15,17H2;4-11,14-16H,2-3,12-13,17H2/b13-10+,27-24+;2*12-9+,24-21+;2*11-8+,23-20+. The van der Waals surface area contributed by atoms with Crippen LogP contribution in [0.25, 0.3) is 66.0 Å². The van der Waals surface area contributed by atoms with Crippen molar-refractivity contribution in [2.45, 2.75) is 227 Å². The van der Waals surface area contributed by atoms with Crippen molar-refractivity contribution in [1.82, 2.24) is 9.13 Å². The summed E-state index contributed by atoms with van der Waals surface area (Å²) in [7, 11) is 0. The Morgan fingerprint density at radius 2 is 0.445 bits per heavy atom. The minimum absolute atomic E-state index is 0.157. The summed E-state index contributed by atoms with van der Waals surface area (Å²) in [6, 6.07) is 69.2. The van der Waals surface area contributed by atoms with Crippen molar-refractivity contribution in [3.8, 4) is 41.7 Å². The van der Waals surface area contributed by atoms with E-state index in [1.54, 1.807) is 0 Å². The van der Waals surface area contributed by atoms with Crippen LogP contribution in [0.15, 0.2) is 341 Å². The maximum atomic E-state index is 9.48. The summed E-state index contributed by atoms with van der Waals surface area (Å²) < 4.78 is 36.2. The van der Waals surface area contributed by atoms with Crippen LogP contribution in [0.1, 0.15) is 225 Å². The highest BCUT2D eigenvalue weighted by atomic mass is 16.5. The molecule has 5 aliphatic carbocycles. The van der Waals surface area contributed by atoms with Gasteiger partial charge in [0, 0.05) is 137 Å². The maximum Gasteiger partial charge on any atom is 0.265 e. The third-order valence-electron chi connectivity index (χ3n) is 30.0. The van der Waals surface area contributed by atoms with E-state index in [-0.39, 0.29) is 50.9 Å². The predicted molar refractivity (Wildman–Crippen MR) is 576 cm³/mol. The van der Waals surface area contributed by atoms with Crippen LogP contribution in [0.5, 0.6) is 0 Å². The number of ether oxygens (including phenoxy) is 5. The fourth-order valence-electron chi connectivity index (χ4n) is 22.6. The van der Waals surface area contributed by atoms with Crippen LogP contribution >= 0.6 is 0 Å². The van der Waals surface area contributed by atoms with Crippen molar-refractivity contribution >= 4 is 47.4 Å². The van der Waals surface area contributed by atoms with Crippen LogP contribution < -0.4 is 14.7 Å². The smallest absolute Gasteiger partial charge is 0.265 e. The van der Waals surface area contributed by atoms with E-state index < -0.39 is 5.60 Å². The summed E-state index contributed by atoms with van der Waals surface area (Å²) >= 11 is 0. The Hall–Kier alpha value is -16.7. The summed E-state index contributed by atoms with van der Waals surface area (Å²) in [6.07, 6.45) is 69.3. The van der Waals surface area contributed by atoms with Crippen molar-refractivity contribution in [2.24, 2.45) is 0 Å². The molecular weight excluding hydrogens is 1800 g/mol. The van der Waals surface area contributed by atoms with Gasteiger partial charge in [-0.2, -0.15) is 0 Å². The number of fused-ring (bicyclic) bond motifs is 1. The first-order valence-electron chi connectivity index (χ1n) is 51.6. The van der Waals surface area contributed by atoms with Gasteiger partial charge >= 0.3 is 0 Å². The minimum Gasteiger partial charge on any atom is -0.487 e. The molecule has 7 fully saturated rings. The molecule has 0 atom stereocenters. The van der Waals surface area contributed by atoms with E-state index in [4.69, 9.17) is 56.5 Å². The van der Waals surface area contributed by atoms with E-state index in [0.29, 0.717) is 37.9 Å². The lowest BCUT2D eigenvalue weighted by atomic mass is 9.78. The van der Waals surface area contributed by atoms with Gasteiger partial charge in [0.15, 0.2) is 0 Å². The zero-order valence-corrected chi connectivity index (χ0v) is 83.0. The van der Waals surface area contributed by atoms with Gasteiger partial charge in [-0.3, -0.25) is 0 Å². The van der Waals surface area contributed by atoms with E-state index in [9.17, 15) is 26.3 Å². The number of allylic oxidation sites excluding steroid dienone is 15. The van der Waals surface area contributed by atoms with E-state index in [0.717, 1.165) is 245 Å². The number of rotatable bonds is 15. The molecule has 20 heteroatoms. The van der Waals surface area contributed by atoms with Gasteiger partial charge in [0.05, 0.1) is 63.2 Å². The van der Waals surface area contributed by atoms with Gasteiger partial charge in [-0.1, -0.05) is 128 Å². The second-order valence-electron chi connectivity index (χ2n) is 40.1. The van der Waals surface area contributed by atoms with Gasteiger partial charge < -0.3 is 47.5 Å². The number of nitriles is 5. The number of nitrogens with zero attached hydrogens (tertiary/aromatic N) is 15. The minimum atomic E-state index is -0.431. The van der Waals surface area contributed by atoms with Crippen LogP contribution in [-0.4, -0.2) is 76.4 Å². The van der Waals surface area contributed by atoms with Crippen LogP contribution in [0.2, 0.25) is 0 Å². The molecule has 2 aromatic heterocycles. The highest BCUT2D eigenvalue weighted by Crippen LogP contribution is 2.50. The average molecular weight is 1930 g/mol. The summed E-state index contributed by atoms with van der Waals surface area (Å²) in [5.41, 5.74) is 17.6. The molecule has 10 heterocycles. The van der Waals surface area contributed by atoms with Crippen LogP contribution in [0.3, 0.4) is 0 Å². The fraction of sp³-hybridized carbons (Fsp3) is 0.333. The first-order chi connectivity index (χ1) is 71.5. The number of hydrogen-bond acceptors (Lipinski definition) is 13. The number of benzene rings is 6. The Balaban J connectivity index is 0.000000125. The van der Waals surface area contributed by atoms with E-state index >= 15 is 0 Å². The lowest BCUT2D eigenvalue weighted by Crippen LogP contribution is -2.37. The van der Waals surface area contributed by atoms with Crippen molar-refractivity contribution in [3.63, 3.8) is 0 Å². The molecule has 730 valence electrons. The molecule has 8 aliphatic heterocycles. The summed E-state index contributed by atoms with van der Waals surface area (Å²) in [5.74, 6) is 3.68. The normalized spacial score (nSPS) is 21.1. The molecule has 5 spiro atoms. The van der Waals surface area contributed by atoms with Crippen molar-refractivity contribution in [1.29, 1.82) is 26.3 Å². The van der Waals surface area contributed by atoms with Gasteiger partial charge in [0.25, 0.3) is 28.5 Å². The van der Waals surface area contributed by atoms with Crippen LogP contribution in [0, 0.1) is 89.5 Å². The highest BCUT2D eigenvalue weighted by Gasteiger charge is 2.46. The molecule has 20 nitrogen and oxygen atoms in total. The molecule has 0 N–H and O–H groups in total. The topological polar surface area (TPSA) is 206 Å². The molecule has 0 bridgehead atoms. The predicted octanol–water partition coefficient (Wildman–Crippen LogP) is 29.5. The fourth-order valence-corrected chi connectivity index (χ4v) is 22.6. The molecule has 4 saturated carbocycles. The lowest BCUT2D eigenvalue weighted by molar-refractivity contribution is -0.0288. The lowest BCUT2D eigenvalue weighted by Gasteiger charge is -2.41. The molecule has 3 saturated heterocycles. The SMILES string of the molecule is [C-]#[N+]/C(C#N)=C1C=C(/C=C/c2ccc(-n3cccc3)cc2)OC2(CCCC2)C\1.[C-]#[N+]/C(C#N)=C1C=C(/C=C/c2ccc(-n3cccc3)cc2)OC2(CCCCC2)C\1.[C-]#[N+]/C(C#N)=C1C=C(/C=C/c2ccc(N3CCCC3)cc2)OC2(CCCC2)C\1.[C-]#[N+]/C(C#N)=C1C=C(/C=C/c2ccc(N3CCCC3)cc2)OC2(CCCCC2)C\1.[C-]#[N+]/C(C#N)=C1C=C(/C=C/c2ccc(N3CCCC3)cc2)OC2(C\1)Cc1ccccc1C2. The Bertz CT molecular complexity index is 6920. The van der Waals surface area contributed by atoms with Crippen molar-refractivity contribution in [2.75, 3.05) is 54.0 Å². The number of aromatic nitrogens is 2. The first-order valence-corrected chi connectivity index (χ1v) is 51.6. The number of anilines is 3. The quantitative estimate of drug-likeness (QED) is 0.0692. The Morgan fingerprint density at radius 3 is 0.664 bits per heavy atom. The zero-order valence-electron chi connectivity index (χ0n) is 83.0. The average Bonchev–Trinajstić information content (AvgIpc) is 1.49. The number of hydrogen-bond donors (Lipinski definition) is 0. The first kappa shape index (κ1) is 101. The Labute approximate surface area is 860 Å². The van der Waals surface area contributed by atoms with Gasteiger partial charge in [-0.05, 0) is 354 Å². The molecule has 0 unspecified atom stereocenters. The third kappa shape index (κ3) is 25.5. The van der Waals surface area contributed by atoms with E-state index in [1.165, 1.54) is 79.6 Å². The Kier molecular flexibility index (Phi) is 33.1. The summed E-state index contributed by atoms with van der Waals surface area (Å²) in [6.45, 7) is 43.6. The molecule has 13 aliphatic rings. The monoisotopic (exact) mass is 1920 g/mol. The second-order valence-corrected chi connectivity index (χ2v) is 40.1. The summed E-state index contributed by atoms with van der Waals surface area (Å²) in [5, 5.41) is 46.8. The molecule has 6 aromatic carbocycles. The van der Waals surface area contributed by atoms with Gasteiger partial charge in [0.1, 0.15) is 56.8 Å². The second kappa shape index (κ2) is 47.9. The molecule has 146 heavy (non-hydrogen) atoms. The molecule has 0 radical (unpaired) electrons. The van der Waals surface area contributed by atoms with E-state index in [2.05, 4.69) is 230 Å². The zero-order chi connectivity index (χ0) is 101. The van der Waals surface area contributed by atoms with Crippen LogP contribution in [0.4, 0.5) is 17.1 Å². The van der Waals surface area contributed by atoms with Gasteiger partial charge in [0.2, 0.25) is 0 Å². The maximum absolute atomic E-state index is 9.48. The largest absolute Gasteiger partial charge is 0.487 e. The molecule has 8 aromatic rings. The van der Waals surface area contributed by atoms with Crippen molar-refractivity contribution in [3.05, 3.63) is 437 Å². The third-order valence-corrected chi connectivity index (χ3v) is 30.0. The molecule has 0 amide bonds.